The Hall–Kier alpha value is -3.65. The highest BCUT2D eigenvalue weighted by atomic mass is 35.5. The number of carbonyl (C=O) groups excluding carboxylic acids is 1. The Morgan fingerprint density at radius 2 is 2.00 bits per heavy atom. The number of halogens is 1. The molecule has 4 aliphatic rings. The van der Waals surface area contributed by atoms with Crippen molar-refractivity contribution < 1.29 is 28.6 Å². The van der Waals surface area contributed by atoms with Gasteiger partial charge in [0.25, 0.3) is 6.29 Å². The molecule has 0 N–H and O–H groups in total. The lowest BCUT2D eigenvalue weighted by Crippen LogP contribution is -2.21. The van der Waals surface area contributed by atoms with E-state index in [1.165, 1.54) is 5.57 Å². The molecule has 39 heavy (non-hydrogen) atoms. The Balaban J connectivity index is 1.16. The molecule has 0 bridgehead atoms. The number of esters is 1. The second-order valence-corrected chi connectivity index (χ2v) is 10.7. The molecule has 2 aromatic rings. The number of nitrogens with zero attached hydrogens (tertiary/aromatic N) is 1. The minimum Gasteiger partial charge on any atom is -0.465 e. The molecule has 2 atom stereocenters. The maximum absolute atomic E-state index is 12.5. The van der Waals surface area contributed by atoms with Gasteiger partial charge in [-0.1, -0.05) is 64.8 Å². The summed E-state index contributed by atoms with van der Waals surface area (Å²) in [5.41, 5.74) is 7.07. The van der Waals surface area contributed by atoms with Crippen molar-refractivity contribution in [2.75, 3.05) is 13.2 Å². The number of carbonyl (C=O) groups is 1. The largest absolute Gasteiger partial charge is 0.465 e. The smallest absolute Gasteiger partial charge is 0.313 e. The number of ether oxygens (including phenoxy) is 4. The van der Waals surface area contributed by atoms with Crippen LogP contribution in [0.1, 0.15) is 37.8 Å². The van der Waals surface area contributed by atoms with Crippen molar-refractivity contribution in [3.05, 3.63) is 105 Å². The molecule has 2 saturated heterocycles. The van der Waals surface area contributed by atoms with Crippen molar-refractivity contribution in [1.82, 2.24) is 0 Å². The first kappa shape index (κ1) is 25.6. The number of cyclic esters (lactones) is 1. The Kier molecular flexibility index (Phi) is 6.89. The van der Waals surface area contributed by atoms with Crippen LogP contribution in [-0.2, 0) is 23.8 Å². The monoisotopic (exact) mass is 545 g/mol. The molecule has 0 aromatic heterocycles. The molecule has 2 fully saturated rings. The Labute approximate surface area is 232 Å². The molecule has 8 heteroatoms. The average Bonchev–Trinajstić information content (AvgIpc) is 3.47. The summed E-state index contributed by atoms with van der Waals surface area (Å²) in [6.07, 6.45) is 8.28. The molecule has 2 heterocycles. The van der Waals surface area contributed by atoms with E-state index >= 15 is 0 Å². The summed E-state index contributed by atoms with van der Waals surface area (Å²) in [6, 6.07) is 15.3. The molecule has 1 unspecified atom stereocenters. The summed E-state index contributed by atoms with van der Waals surface area (Å²) in [6.45, 7) is 4.30. The van der Waals surface area contributed by atoms with Gasteiger partial charge in [-0.05, 0) is 72.7 Å². The number of oxime groups is 1. The highest BCUT2D eigenvalue weighted by Crippen LogP contribution is 2.48. The van der Waals surface area contributed by atoms with Gasteiger partial charge >= 0.3 is 5.97 Å². The van der Waals surface area contributed by atoms with Gasteiger partial charge in [-0.2, -0.15) is 0 Å². The van der Waals surface area contributed by atoms with Gasteiger partial charge in [0.1, 0.15) is 19.0 Å². The van der Waals surface area contributed by atoms with E-state index in [4.69, 9.17) is 35.4 Å². The summed E-state index contributed by atoms with van der Waals surface area (Å²) in [5, 5.41) is 4.69. The van der Waals surface area contributed by atoms with Crippen molar-refractivity contribution in [3.63, 3.8) is 0 Å². The quantitative estimate of drug-likeness (QED) is 0.182. The number of hydrogen-bond donors (Lipinski definition) is 0. The normalized spacial score (nSPS) is 24.8. The average molecular weight is 546 g/mol. The van der Waals surface area contributed by atoms with Crippen LogP contribution in [0.2, 0.25) is 5.02 Å². The van der Waals surface area contributed by atoms with E-state index in [0.29, 0.717) is 36.8 Å². The lowest BCUT2D eigenvalue weighted by molar-refractivity contribution is -0.190. The highest BCUT2D eigenvalue weighted by molar-refractivity contribution is 6.32. The van der Waals surface area contributed by atoms with Crippen LogP contribution in [0.3, 0.4) is 0 Å². The van der Waals surface area contributed by atoms with E-state index in [0.717, 1.165) is 33.4 Å². The fourth-order valence-electron chi connectivity index (χ4n) is 5.25. The van der Waals surface area contributed by atoms with E-state index in [1.807, 2.05) is 62.4 Å². The molecule has 2 aliphatic heterocycles. The third kappa shape index (κ3) is 5.43. The van der Waals surface area contributed by atoms with Crippen LogP contribution < -0.4 is 4.74 Å². The van der Waals surface area contributed by atoms with E-state index in [9.17, 15) is 4.79 Å². The second-order valence-electron chi connectivity index (χ2n) is 10.3. The van der Waals surface area contributed by atoms with Crippen LogP contribution >= 0.6 is 11.6 Å². The second kappa shape index (κ2) is 10.5. The number of allylic oxidation sites excluding steroid dienone is 6. The summed E-state index contributed by atoms with van der Waals surface area (Å²) >= 11 is 6.58. The number of hydrogen-bond acceptors (Lipinski definition) is 7. The minimum absolute atomic E-state index is 0.171. The molecule has 200 valence electrons. The zero-order valence-electron chi connectivity index (χ0n) is 21.7. The van der Waals surface area contributed by atoms with Gasteiger partial charge < -0.3 is 23.8 Å². The number of benzene rings is 2. The fraction of sp³-hybridized carbons (Fsp3) is 0.290. The third-order valence-corrected chi connectivity index (χ3v) is 7.42. The predicted molar refractivity (Wildman–Crippen MR) is 147 cm³/mol. The minimum atomic E-state index is -0.668. The van der Waals surface area contributed by atoms with Crippen molar-refractivity contribution in [2.45, 2.75) is 38.8 Å². The lowest BCUT2D eigenvalue weighted by Gasteiger charge is -2.29. The maximum Gasteiger partial charge on any atom is 0.313 e. The molecule has 0 spiro atoms. The molecule has 0 amide bonds. The van der Waals surface area contributed by atoms with Gasteiger partial charge in [0, 0.05) is 10.6 Å². The van der Waals surface area contributed by atoms with Gasteiger partial charge in [0.15, 0.2) is 5.79 Å². The summed E-state index contributed by atoms with van der Waals surface area (Å²) in [4.78, 5) is 17.9. The first-order chi connectivity index (χ1) is 18.9. The first-order valence-electron chi connectivity index (χ1n) is 12.9. The van der Waals surface area contributed by atoms with Crippen molar-refractivity contribution in [2.24, 2.45) is 11.1 Å². The van der Waals surface area contributed by atoms with Crippen LogP contribution in [-0.4, -0.2) is 37.5 Å². The van der Waals surface area contributed by atoms with E-state index in [1.54, 1.807) is 12.5 Å². The van der Waals surface area contributed by atoms with Gasteiger partial charge in [-0.15, -0.1) is 0 Å². The van der Waals surface area contributed by atoms with Crippen LogP contribution in [0.15, 0.2) is 94.4 Å². The van der Waals surface area contributed by atoms with Crippen LogP contribution in [0.5, 0.6) is 5.75 Å². The van der Waals surface area contributed by atoms with Crippen LogP contribution in [0.4, 0.5) is 0 Å². The first-order valence-corrected chi connectivity index (χ1v) is 13.3. The van der Waals surface area contributed by atoms with Crippen molar-refractivity contribution >= 4 is 29.4 Å². The summed E-state index contributed by atoms with van der Waals surface area (Å²) in [7, 11) is 0. The maximum atomic E-state index is 12.5. The number of rotatable bonds is 6. The molecule has 2 aliphatic carbocycles. The molecule has 0 saturated carbocycles. The standard InChI is InChI=1S/C31H28ClNO6/c1-31(2)37-18-28(38-31)39-33-15-19-6-5-7-22(13-19)35-16-20-10-11-23-21(12-20)14-25-26(17-36-30(25)34)29(23)24-8-3-4-9-27(24)32/h3-11,13,15-16,25,28H,12,14,17-18H2,1-2H3/t25?,28-/m0/s1. The zero-order valence-corrected chi connectivity index (χ0v) is 22.4. The van der Waals surface area contributed by atoms with Crippen molar-refractivity contribution in [3.8, 4) is 5.75 Å². The molecular weight excluding hydrogens is 518 g/mol. The van der Waals surface area contributed by atoms with Crippen LogP contribution in [0, 0.1) is 5.92 Å². The lowest BCUT2D eigenvalue weighted by atomic mass is 9.74. The molecule has 0 radical (unpaired) electrons. The topological polar surface area (TPSA) is 75.6 Å². The van der Waals surface area contributed by atoms with E-state index in [-0.39, 0.29) is 11.9 Å². The Bertz CT molecular complexity index is 1470. The van der Waals surface area contributed by atoms with Crippen molar-refractivity contribution in [1.29, 1.82) is 0 Å². The van der Waals surface area contributed by atoms with Gasteiger partial charge in [0.2, 0.25) is 0 Å². The highest BCUT2D eigenvalue weighted by Gasteiger charge is 2.40. The predicted octanol–water partition coefficient (Wildman–Crippen LogP) is 6.35. The molecule has 6 rings (SSSR count). The fourth-order valence-corrected chi connectivity index (χ4v) is 5.49. The molecule has 2 aromatic carbocycles. The third-order valence-electron chi connectivity index (χ3n) is 7.09. The summed E-state index contributed by atoms with van der Waals surface area (Å²) in [5.74, 6) is -0.438. The SMILES string of the molecule is CC1(C)OC[C@H](ON=Cc2cccc(OC=C3C=CC4=C(C3)CC3C(=O)OCC3=C4c3ccccc3Cl)c2)O1. The van der Waals surface area contributed by atoms with Gasteiger partial charge in [-0.25, -0.2) is 0 Å². The Morgan fingerprint density at radius 1 is 1.13 bits per heavy atom. The molecule has 7 nitrogen and oxygen atoms in total. The molecular formula is C31H28ClNO6. The Morgan fingerprint density at radius 3 is 2.82 bits per heavy atom. The van der Waals surface area contributed by atoms with E-state index < -0.39 is 12.1 Å². The van der Waals surface area contributed by atoms with Gasteiger partial charge in [0.05, 0.1) is 18.4 Å². The summed E-state index contributed by atoms with van der Waals surface area (Å²) < 4.78 is 22.5. The van der Waals surface area contributed by atoms with E-state index in [2.05, 4.69) is 17.3 Å². The zero-order chi connectivity index (χ0) is 27.0. The van der Waals surface area contributed by atoms with Gasteiger partial charge in [-0.3, -0.25) is 4.79 Å². The number of fused-ring (bicyclic) bond motifs is 1. The van der Waals surface area contributed by atoms with Crippen LogP contribution in [0.25, 0.3) is 5.57 Å².